The van der Waals surface area contributed by atoms with E-state index in [-0.39, 0.29) is 11.4 Å². The molecule has 0 spiro atoms. The Labute approximate surface area is 166 Å². The van der Waals surface area contributed by atoms with Crippen LogP contribution in [0, 0.1) is 0 Å². The van der Waals surface area contributed by atoms with Gasteiger partial charge in [-0.1, -0.05) is 43.7 Å². The van der Waals surface area contributed by atoms with Crippen LogP contribution in [0.5, 0.6) is 5.75 Å². The second-order valence-electron chi connectivity index (χ2n) is 6.68. The Morgan fingerprint density at radius 2 is 1.75 bits per heavy atom. The van der Waals surface area contributed by atoms with Gasteiger partial charge in [-0.05, 0) is 53.9 Å². The molecule has 0 aromatic heterocycles. The lowest BCUT2D eigenvalue weighted by Crippen LogP contribution is -2.26. The summed E-state index contributed by atoms with van der Waals surface area (Å²) in [7, 11) is -3.58. The largest absolute Gasteiger partial charge is 0.493 e. The molecule has 28 heavy (non-hydrogen) atoms. The molecule has 3 aromatic rings. The Morgan fingerprint density at radius 3 is 2.50 bits per heavy atom. The van der Waals surface area contributed by atoms with Gasteiger partial charge in [-0.2, -0.15) is 0 Å². The number of nitrogen functional groups attached to an aromatic ring is 1. The Kier molecular flexibility index (Phi) is 6.54. The summed E-state index contributed by atoms with van der Waals surface area (Å²) in [5.41, 5.74) is 7.19. The van der Waals surface area contributed by atoms with E-state index >= 15 is 0 Å². The van der Waals surface area contributed by atoms with E-state index in [0.29, 0.717) is 18.7 Å². The Balaban J connectivity index is 1.78. The monoisotopic (exact) mass is 398 g/mol. The van der Waals surface area contributed by atoms with Crippen molar-refractivity contribution in [1.82, 2.24) is 4.72 Å². The molecule has 0 aliphatic rings. The first kappa shape index (κ1) is 20.2. The van der Waals surface area contributed by atoms with Crippen molar-refractivity contribution < 1.29 is 13.2 Å². The van der Waals surface area contributed by atoms with Gasteiger partial charge in [-0.15, -0.1) is 0 Å². The number of hydrogen-bond acceptors (Lipinski definition) is 4. The van der Waals surface area contributed by atoms with E-state index < -0.39 is 10.0 Å². The van der Waals surface area contributed by atoms with Gasteiger partial charge in [0.1, 0.15) is 5.75 Å². The fourth-order valence-electron chi connectivity index (χ4n) is 3.08. The minimum atomic E-state index is -3.58. The van der Waals surface area contributed by atoms with Crippen molar-refractivity contribution in [3.05, 3.63) is 66.2 Å². The highest BCUT2D eigenvalue weighted by Crippen LogP contribution is 2.29. The van der Waals surface area contributed by atoms with Crippen LogP contribution in [0.25, 0.3) is 10.8 Å². The molecule has 0 heterocycles. The number of rotatable bonds is 9. The van der Waals surface area contributed by atoms with Crippen LogP contribution in [0.4, 0.5) is 5.69 Å². The molecule has 148 valence electrons. The number of unbranched alkanes of at least 4 members (excludes halogenated alkanes) is 1. The number of ether oxygens (including phenoxy) is 1. The van der Waals surface area contributed by atoms with Crippen LogP contribution in [-0.4, -0.2) is 21.6 Å². The number of fused-ring (bicyclic) bond motifs is 1. The zero-order chi connectivity index (χ0) is 20.0. The average Bonchev–Trinajstić information content (AvgIpc) is 2.69. The molecule has 3 N–H and O–H groups in total. The minimum absolute atomic E-state index is 0.207. The van der Waals surface area contributed by atoms with Crippen LogP contribution in [0.3, 0.4) is 0 Å². The van der Waals surface area contributed by atoms with Gasteiger partial charge in [0.05, 0.1) is 11.5 Å². The Hall–Kier alpha value is -2.57. The highest BCUT2D eigenvalue weighted by molar-refractivity contribution is 7.89. The predicted molar refractivity (Wildman–Crippen MR) is 114 cm³/mol. The van der Waals surface area contributed by atoms with E-state index in [9.17, 15) is 8.42 Å². The van der Waals surface area contributed by atoms with E-state index in [1.165, 1.54) is 12.1 Å². The van der Waals surface area contributed by atoms with Crippen LogP contribution in [-0.2, 0) is 16.4 Å². The number of hydrogen-bond donors (Lipinski definition) is 2. The fraction of sp³-hybridized carbons (Fsp3) is 0.273. The maximum absolute atomic E-state index is 12.5. The van der Waals surface area contributed by atoms with Crippen molar-refractivity contribution in [2.24, 2.45) is 0 Å². The first-order chi connectivity index (χ1) is 13.5. The van der Waals surface area contributed by atoms with Gasteiger partial charge in [0.15, 0.2) is 0 Å². The number of nitrogens with one attached hydrogen (secondary N) is 1. The van der Waals surface area contributed by atoms with E-state index in [1.807, 2.05) is 36.4 Å². The summed E-state index contributed by atoms with van der Waals surface area (Å²) in [6.45, 7) is 3.06. The van der Waals surface area contributed by atoms with Crippen molar-refractivity contribution >= 4 is 26.5 Å². The lowest BCUT2D eigenvalue weighted by Gasteiger charge is -2.15. The molecule has 0 fully saturated rings. The SMILES string of the molecule is CCCCOc1ccc2ccccc2c1CCNS(=O)(=O)c1ccc(N)cc1. The summed E-state index contributed by atoms with van der Waals surface area (Å²) in [5.74, 6) is 0.818. The smallest absolute Gasteiger partial charge is 0.240 e. The predicted octanol–water partition coefficient (Wildman–Crippen LogP) is 4.12. The molecule has 0 atom stereocenters. The van der Waals surface area contributed by atoms with Crippen molar-refractivity contribution in [3.8, 4) is 5.75 Å². The van der Waals surface area contributed by atoms with E-state index in [4.69, 9.17) is 10.5 Å². The summed E-state index contributed by atoms with van der Waals surface area (Å²) < 4.78 is 33.7. The Bertz CT molecular complexity index is 1030. The zero-order valence-electron chi connectivity index (χ0n) is 16.0. The summed E-state index contributed by atoms with van der Waals surface area (Å²) in [6, 6.07) is 18.3. The maximum atomic E-state index is 12.5. The van der Waals surface area contributed by atoms with Gasteiger partial charge in [0, 0.05) is 17.8 Å². The van der Waals surface area contributed by atoms with Crippen LogP contribution in [0.2, 0.25) is 0 Å². The summed E-state index contributed by atoms with van der Waals surface area (Å²) in [4.78, 5) is 0.207. The van der Waals surface area contributed by atoms with Crippen molar-refractivity contribution in [1.29, 1.82) is 0 Å². The molecule has 3 rings (SSSR count). The number of benzene rings is 3. The van der Waals surface area contributed by atoms with Gasteiger partial charge < -0.3 is 10.5 Å². The molecule has 0 aliphatic heterocycles. The van der Waals surface area contributed by atoms with Crippen LogP contribution >= 0.6 is 0 Å². The van der Waals surface area contributed by atoms with Gasteiger partial charge in [-0.3, -0.25) is 0 Å². The molecule has 6 heteroatoms. The lowest BCUT2D eigenvalue weighted by molar-refractivity contribution is 0.307. The summed E-state index contributed by atoms with van der Waals surface area (Å²) >= 11 is 0. The van der Waals surface area contributed by atoms with Crippen molar-refractivity contribution in [3.63, 3.8) is 0 Å². The first-order valence-electron chi connectivity index (χ1n) is 9.50. The number of nitrogens with two attached hydrogens (primary N) is 1. The third-order valence-corrected chi connectivity index (χ3v) is 6.09. The maximum Gasteiger partial charge on any atom is 0.240 e. The van der Waals surface area contributed by atoms with Crippen LogP contribution < -0.4 is 15.2 Å². The van der Waals surface area contributed by atoms with Crippen LogP contribution in [0.1, 0.15) is 25.3 Å². The highest BCUT2D eigenvalue weighted by Gasteiger charge is 2.15. The van der Waals surface area contributed by atoms with E-state index in [0.717, 1.165) is 34.9 Å². The molecule has 0 bridgehead atoms. The molecule has 0 aliphatic carbocycles. The fourth-order valence-corrected chi connectivity index (χ4v) is 4.11. The van der Waals surface area contributed by atoms with Crippen molar-refractivity contribution in [2.75, 3.05) is 18.9 Å². The van der Waals surface area contributed by atoms with Gasteiger partial charge >= 0.3 is 0 Å². The molecule has 0 amide bonds. The standard InChI is InChI=1S/C22H26N2O3S/c1-2-3-16-27-22-13-8-17-6-4-5-7-20(17)21(22)14-15-24-28(25,26)19-11-9-18(23)10-12-19/h4-13,24H,2-3,14-16,23H2,1H3. The third kappa shape index (κ3) is 4.82. The normalized spacial score (nSPS) is 11.6. The molecule has 0 unspecified atom stereocenters. The van der Waals surface area contributed by atoms with Gasteiger partial charge in [0.2, 0.25) is 10.0 Å². The molecule has 3 aromatic carbocycles. The lowest BCUT2D eigenvalue weighted by atomic mass is 10.0. The van der Waals surface area contributed by atoms with Gasteiger partial charge in [-0.25, -0.2) is 13.1 Å². The average molecular weight is 399 g/mol. The van der Waals surface area contributed by atoms with E-state index in [1.54, 1.807) is 12.1 Å². The topological polar surface area (TPSA) is 81.4 Å². The molecular formula is C22H26N2O3S. The quantitative estimate of drug-likeness (QED) is 0.420. The summed E-state index contributed by atoms with van der Waals surface area (Å²) in [5, 5.41) is 2.20. The molecular weight excluding hydrogens is 372 g/mol. The van der Waals surface area contributed by atoms with Gasteiger partial charge in [0.25, 0.3) is 0 Å². The molecule has 5 nitrogen and oxygen atoms in total. The first-order valence-corrected chi connectivity index (χ1v) is 11.0. The molecule has 0 saturated carbocycles. The third-order valence-electron chi connectivity index (χ3n) is 4.61. The van der Waals surface area contributed by atoms with E-state index in [2.05, 4.69) is 11.6 Å². The second-order valence-corrected chi connectivity index (χ2v) is 8.45. The molecule has 0 saturated heterocycles. The van der Waals surface area contributed by atoms with Crippen molar-refractivity contribution in [2.45, 2.75) is 31.1 Å². The highest BCUT2D eigenvalue weighted by atomic mass is 32.2. The zero-order valence-corrected chi connectivity index (χ0v) is 16.8. The van der Waals surface area contributed by atoms with Crippen LogP contribution in [0.15, 0.2) is 65.6 Å². The summed E-state index contributed by atoms with van der Waals surface area (Å²) in [6.07, 6.45) is 2.58. The molecule has 0 radical (unpaired) electrons. The second kappa shape index (κ2) is 9.08. The number of sulfonamides is 1. The minimum Gasteiger partial charge on any atom is -0.493 e. The number of anilines is 1. The Morgan fingerprint density at radius 1 is 1.00 bits per heavy atom.